The second-order valence-corrected chi connectivity index (χ2v) is 9.39. The number of nitrogens with zero attached hydrogens (tertiary/aromatic N) is 1. The van der Waals surface area contributed by atoms with Gasteiger partial charge in [-0.1, -0.05) is 23.8 Å². The van der Waals surface area contributed by atoms with Crippen molar-refractivity contribution in [2.75, 3.05) is 12.4 Å². The van der Waals surface area contributed by atoms with Gasteiger partial charge >= 0.3 is 0 Å². The molecule has 0 saturated carbocycles. The van der Waals surface area contributed by atoms with Gasteiger partial charge in [-0.3, -0.25) is 10.1 Å². The maximum absolute atomic E-state index is 11.3. The predicted octanol–water partition coefficient (Wildman–Crippen LogP) is 7.07. The first-order valence-electron chi connectivity index (χ1n) is 11.3. The lowest BCUT2D eigenvalue weighted by atomic mass is 9.85. The fraction of sp³-hybridized carbons (Fsp3) is 0.286. The van der Waals surface area contributed by atoms with Crippen LogP contribution in [0.1, 0.15) is 43.0 Å². The van der Waals surface area contributed by atoms with Crippen LogP contribution in [0.5, 0.6) is 11.5 Å². The van der Waals surface area contributed by atoms with Gasteiger partial charge < -0.3 is 14.8 Å². The summed E-state index contributed by atoms with van der Waals surface area (Å²) >= 11 is 0. The van der Waals surface area contributed by atoms with Crippen LogP contribution in [-0.2, 0) is 6.61 Å². The van der Waals surface area contributed by atoms with E-state index in [1.807, 2.05) is 19.1 Å². The molecule has 0 bridgehead atoms. The molecular weight excluding hydrogens is 428 g/mol. The van der Waals surface area contributed by atoms with Gasteiger partial charge in [0.25, 0.3) is 5.69 Å². The van der Waals surface area contributed by atoms with Gasteiger partial charge in [-0.05, 0) is 75.6 Å². The highest BCUT2D eigenvalue weighted by Gasteiger charge is 2.27. The Hall–Kier alpha value is -3.80. The molecule has 1 aliphatic rings. The third-order valence-electron chi connectivity index (χ3n) is 6.14. The lowest BCUT2D eigenvalue weighted by Crippen LogP contribution is -2.32. The van der Waals surface area contributed by atoms with Crippen molar-refractivity contribution in [3.63, 3.8) is 0 Å². The zero-order chi connectivity index (χ0) is 24.6. The summed E-state index contributed by atoms with van der Waals surface area (Å²) in [4.78, 5) is 10.9. The number of hydrogen-bond donors (Lipinski definition) is 1. The number of anilines is 1. The average molecular weight is 459 g/mol. The first kappa shape index (κ1) is 23.4. The van der Waals surface area contributed by atoms with Crippen molar-refractivity contribution in [3.05, 3.63) is 87.0 Å². The number of aryl methyl sites for hydroxylation is 2. The van der Waals surface area contributed by atoms with E-state index in [0.717, 1.165) is 50.4 Å². The Balaban J connectivity index is 1.87. The number of nitro benzene ring substituents is 1. The minimum absolute atomic E-state index is 0.00996. The Morgan fingerprint density at radius 1 is 0.971 bits per heavy atom. The molecule has 3 aromatic carbocycles. The molecular formula is C28H30N2O4. The van der Waals surface area contributed by atoms with Gasteiger partial charge in [0.05, 0.1) is 23.6 Å². The van der Waals surface area contributed by atoms with Gasteiger partial charge in [-0.25, -0.2) is 0 Å². The van der Waals surface area contributed by atoms with Crippen LogP contribution in [0.4, 0.5) is 11.4 Å². The molecule has 1 aliphatic heterocycles. The molecule has 0 atom stereocenters. The third kappa shape index (κ3) is 4.49. The normalized spacial score (nSPS) is 14.0. The molecule has 0 fully saturated rings. The van der Waals surface area contributed by atoms with Crippen LogP contribution < -0.4 is 14.8 Å². The van der Waals surface area contributed by atoms with E-state index < -0.39 is 4.92 Å². The molecule has 6 nitrogen and oxygen atoms in total. The maximum Gasteiger partial charge on any atom is 0.273 e. The van der Waals surface area contributed by atoms with Crippen LogP contribution in [0.25, 0.3) is 16.7 Å². The first-order valence-corrected chi connectivity index (χ1v) is 11.3. The Morgan fingerprint density at radius 3 is 2.44 bits per heavy atom. The fourth-order valence-corrected chi connectivity index (χ4v) is 4.64. The zero-order valence-corrected chi connectivity index (χ0v) is 20.5. The van der Waals surface area contributed by atoms with E-state index in [-0.39, 0.29) is 17.8 Å². The first-order chi connectivity index (χ1) is 16.1. The number of allylic oxidation sites excluding steroid dienone is 1. The van der Waals surface area contributed by atoms with Crippen molar-refractivity contribution in [2.24, 2.45) is 0 Å². The molecule has 34 heavy (non-hydrogen) atoms. The summed E-state index contributed by atoms with van der Waals surface area (Å²) in [6, 6.07) is 15.0. The number of rotatable bonds is 6. The van der Waals surface area contributed by atoms with Gasteiger partial charge in [-0.15, -0.1) is 0 Å². The zero-order valence-electron chi connectivity index (χ0n) is 20.5. The summed E-state index contributed by atoms with van der Waals surface area (Å²) in [5.41, 5.74) is 8.08. The summed E-state index contributed by atoms with van der Waals surface area (Å²) in [5, 5.41) is 14.9. The highest BCUT2D eigenvalue weighted by Crippen LogP contribution is 2.43. The second-order valence-electron chi connectivity index (χ2n) is 9.39. The molecule has 1 heterocycles. The average Bonchev–Trinajstić information content (AvgIpc) is 2.77. The van der Waals surface area contributed by atoms with E-state index in [4.69, 9.17) is 9.47 Å². The van der Waals surface area contributed by atoms with Crippen LogP contribution >= 0.6 is 0 Å². The van der Waals surface area contributed by atoms with E-state index in [9.17, 15) is 10.1 Å². The summed E-state index contributed by atoms with van der Waals surface area (Å²) in [6.07, 6.45) is 2.22. The van der Waals surface area contributed by atoms with Crippen LogP contribution in [-0.4, -0.2) is 17.6 Å². The quantitative estimate of drug-likeness (QED) is 0.316. The number of nitrogens with one attached hydrogen (secondary N) is 1. The second kappa shape index (κ2) is 8.86. The summed E-state index contributed by atoms with van der Waals surface area (Å²) < 4.78 is 11.9. The number of nitro groups is 1. The molecule has 1 N–H and O–H groups in total. The van der Waals surface area contributed by atoms with Gasteiger partial charge in [0.1, 0.15) is 18.1 Å². The topological polar surface area (TPSA) is 73.6 Å². The standard InChI is InChI=1S/C28H30N2O4/c1-17-7-12-25(33-6)22(13-17)21-10-11-24-27(19(3)15-28(4,5)29-24)23(21)16-34-26-14-20(30(31)32)9-8-18(26)2/h7-15,29H,16H2,1-6H3. The molecule has 176 valence electrons. The molecule has 0 radical (unpaired) electrons. The summed E-state index contributed by atoms with van der Waals surface area (Å²) in [5.74, 6) is 1.28. The van der Waals surface area contributed by atoms with Crippen molar-refractivity contribution in [1.29, 1.82) is 0 Å². The molecule has 0 aliphatic carbocycles. The molecule has 0 aromatic heterocycles. The molecule has 4 rings (SSSR count). The van der Waals surface area contributed by atoms with Crippen molar-refractivity contribution >= 4 is 16.9 Å². The fourth-order valence-electron chi connectivity index (χ4n) is 4.64. The highest BCUT2D eigenvalue weighted by molar-refractivity contribution is 5.88. The lowest BCUT2D eigenvalue weighted by molar-refractivity contribution is -0.385. The minimum Gasteiger partial charge on any atom is -0.496 e. The van der Waals surface area contributed by atoms with Crippen LogP contribution in [0.2, 0.25) is 0 Å². The van der Waals surface area contributed by atoms with Crippen LogP contribution in [0.3, 0.4) is 0 Å². The minimum atomic E-state index is -0.404. The van der Waals surface area contributed by atoms with Crippen molar-refractivity contribution in [1.82, 2.24) is 0 Å². The molecule has 6 heteroatoms. The largest absolute Gasteiger partial charge is 0.496 e. The smallest absolute Gasteiger partial charge is 0.273 e. The van der Waals surface area contributed by atoms with E-state index in [2.05, 4.69) is 57.3 Å². The lowest BCUT2D eigenvalue weighted by Gasteiger charge is -2.33. The Kier molecular flexibility index (Phi) is 6.09. The number of benzene rings is 3. The van der Waals surface area contributed by atoms with Crippen LogP contribution in [0.15, 0.2) is 54.6 Å². The Morgan fingerprint density at radius 2 is 1.74 bits per heavy atom. The monoisotopic (exact) mass is 458 g/mol. The van der Waals surface area contributed by atoms with Crippen LogP contribution in [0, 0.1) is 24.0 Å². The molecule has 0 amide bonds. The molecule has 3 aromatic rings. The van der Waals surface area contributed by atoms with Crippen molar-refractivity contribution < 1.29 is 14.4 Å². The Labute approximate surface area is 200 Å². The van der Waals surface area contributed by atoms with E-state index in [0.29, 0.717) is 5.75 Å². The number of ether oxygens (including phenoxy) is 2. The van der Waals surface area contributed by atoms with Gasteiger partial charge in [0.15, 0.2) is 0 Å². The SMILES string of the molecule is COc1ccc(C)cc1-c1ccc2c(c1COc1cc([N+](=O)[O-])ccc1C)C(C)=CC(C)(C)N2. The van der Waals surface area contributed by atoms with Crippen molar-refractivity contribution in [2.45, 2.75) is 46.8 Å². The predicted molar refractivity (Wildman–Crippen MR) is 137 cm³/mol. The maximum atomic E-state index is 11.3. The Bertz CT molecular complexity index is 1310. The number of methoxy groups -OCH3 is 1. The summed E-state index contributed by atoms with van der Waals surface area (Å²) in [6.45, 7) is 10.6. The molecule has 0 spiro atoms. The van der Waals surface area contributed by atoms with Gasteiger partial charge in [0.2, 0.25) is 0 Å². The number of hydrogen-bond acceptors (Lipinski definition) is 5. The van der Waals surface area contributed by atoms with E-state index in [1.165, 1.54) is 12.1 Å². The highest BCUT2D eigenvalue weighted by atomic mass is 16.6. The third-order valence-corrected chi connectivity index (χ3v) is 6.14. The molecule has 0 unspecified atom stereocenters. The number of non-ortho nitro benzene ring substituents is 1. The number of fused-ring (bicyclic) bond motifs is 1. The van der Waals surface area contributed by atoms with E-state index in [1.54, 1.807) is 13.2 Å². The van der Waals surface area contributed by atoms with E-state index >= 15 is 0 Å². The van der Waals surface area contributed by atoms with Gasteiger partial charge in [-0.2, -0.15) is 0 Å². The van der Waals surface area contributed by atoms with Crippen molar-refractivity contribution in [3.8, 4) is 22.6 Å². The molecule has 0 saturated heterocycles. The van der Waals surface area contributed by atoms with Gasteiger partial charge in [0, 0.05) is 28.4 Å². The summed E-state index contributed by atoms with van der Waals surface area (Å²) in [7, 11) is 1.67.